The Morgan fingerprint density at radius 1 is 1.15 bits per heavy atom. The van der Waals surface area contributed by atoms with Gasteiger partial charge in [-0.3, -0.25) is 4.79 Å². The SMILES string of the molecule is COc1ccccc1CC(=O)NCCc1c(C)nn(-c2ccccn2)c1C. The molecule has 0 unspecified atom stereocenters. The van der Waals surface area contributed by atoms with Crippen LogP contribution in [0.4, 0.5) is 0 Å². The molecule has 0 aliphatic rings. The van der Waals surface area contributed by atoms with E-state index in [1.807, 2.05) is 61.0 Å². The maximum absolute atomic E-state index is 12.3. The van der Waals surface area contributed by atoms with E-state index in [1.54, 1.807) is 13.3 Å². The number of carbonyl (C=O) groups is 1. The van der Waals surface area contributed by atoms with Gasteiger partial charge in [-0.05, 0) is 44.0 Å². The molecule has 6 heteroatoms. The first-order valence-electron chi connectivity index (χ1n) is 8.95. The Morgan fingerprint density at radius 3 is 2.67 bits per heavy atom. The van der Waals surface area contributed by atoms with Crippen LogP contribution in [-0.4, -0.2) is 34.3 Å². The molecule has 0 saturated carbocycles. The van der Waals surface area contributed by atoms with Crippen LogP contribution in [0, 0.1) is 13.8 Å². The van der Waals surface area contributed by atoms with Crippen molar-refractivity contribution in [2.24, 2.45) is 0 Å². The Kier molecular flexibility index (Phi) is 5.86. The fourth-order valence-electron chi connectivity index (χ4n) is 3.15. The van der Waals surface area contributed by atoms with Gasteiger partial charge in [-0.15, -0.1) is 0 Å². The fraction of sp³-hybridized carbons (Fsp3) is 0.286. The number of carbonyl (C=O) groups excluding carboxylic acids is 1. The van der Waals surface area contributed by atoms with Crippen molar-refractivity contribution in [3.63, 3.8) is 0 Å². The lowest BCUT2D eigenvalue weighted by atomic mass is 10.1. The normalized spacial score (nSPS) is 10.6. The number of pyridine rings is 1. The van der Waals surface area contributed by atoms with Gasteiger partial charge in [0.2, 0.25) is 5.91 Å². The molecular weight excluding hydrogens is 340 g/mol. The van der Waals surface area contributed by atoms with Crippen LogP contribution in [0.1, 0.15) is 22.5 Å². The summed E-state index contributed by atoms with van der Waals surface area (Å²) in [6, 6.07) is 13.3. The summed E-state index contributed by atoms with van der Waals surface area (Å²) in [7, 11) is 1.61. The molecule has 1 N–H and O–H groups in total. The molecule has 2 aromatic heterocycles. The van der Waals surface area contributed by atoms with Gasteiger partial charge >= 0.3 is 0 Å². The summed E-state index contributed by atoms with van der Waals surface area (Å²) in [5.41, 5.74) is 4.02. The van der Waals surface area contributed by atoms with Gasteiger partial charge in [0.15, 0.2) is 5.82 Å². The number of methoxy groups -OCH3 is 1. The van der Waals surface area contributed by atoms with Gasteiger partial charge in [0.1, 0.15) is 5.75 Å². The second kappa shape index (κ2) is 8.49. The number of benzene rings is 1. The van der Waals surface area contributed by atoms with E-state index in [1.165, 1.54) is 0 Å². The molecule has 0 saturated heterocycles. The average Bonchev–Trinajstić information content (AvgIpc) is 2.97. The zero-order valence-electron chi connectivity index (χ0n) is 15.9. The Bertz CT molecular complexity index is 919. The minimum atomic E-state index is -0.0214. The Labute approximate surface area is 159 Å². The number of nitrogens with one attached hydrogen (secondary N) is 1. The molecule has 0 atom stereocenters. The largest absolute Gasteiger partial charge is 0.496 e. The van der Waals surface area contributed by atoms with Crippen molar-refractivity contribution < 1.29 is 9.53 Å². The molecule has 2 heterocycles. The van der Waals surface area contributed by atoms with Gasteiger partial charge in [0.25, 0.3) is 0 Å². The second-order valence-electron chi connectivity index (χ2n) is 6.34. The molecule has 0 spiro atoms. The number of amides is 1. The predicted molar refractivity (Wildman–Crippen MR) is 104 cm³/mol. The van der Waals surface area contributed by atoms with E-state index in [0.717, 1.165) is 40.5 Å². The van der Waals surface area contributed by atoms with E-state index >= 15 is 0 Å². The van der Waals surface area contributed by atoms with E-state index in [-0.39, 0.29) is 5.91 Å². The van der Waals surface area contributed by atoms with Gasteiger partial charge in [-0.2, -0.15) is 5.10 Å². The summed E-state index contributed by atoms with van der Waals surface area (Å²) in [6.45, 7) is 4.57. The lowest BCUT2D eigenvalue weighted by Gasteiger charge is -2.09. The zero-order valence-corrected chi connectivity index (χ0v) is 15.9. The number of aryl methyl sites for hydroxylation is 1. The number of rotatable bonds is 7. The average molecular weight is 364 g/mol. The first-order chi connectivity index (χ1) is 13.1. The van der Waals surface area contributed by atoms with Crippen molar-refractivity contribution in [3.05, 3.63) is 71.2 Å². The monoisotopic (exact) mass is 364 g/mol. The molecule has 1 amide bonds. The minimum Gasteiger partial charge on any atom is -0.496 e. The molecule has 3 aromatic rings. The van der Waals surface area contributed by atoms with Crippen molar-refractivity contribution in [1.82, 2.24) is 20.1 Å². The lowest BCUT2D eigenvalue weighted by molar-refractivity contribution is -0.120. The summed E-state index contributed by atoms with van der Waals surface area (Å²) < 4.78 is 7.15. The van der Waals surface area contributed by atoms with E-state index in [2.05, 4.69) is 15.4 Å². The third-order valence-corrected chi connectivity index (χ3v) is 4.55. The number of ether oxygens (including phenoxy) is 1. The Balaban J connectivity index is 1.61. The molecule has 0 bridgehead atoms. The van der Waals surface area contributed by atoms with E-state index in [4.69, 9.17) is 4.74 Å². The lowest BCUT2D eigenvalue weighted by Crippen LogP contribution is -2.27. The first-order valence-corrected chi connectivity index (χ1v) is 8.95. The molecular formula is C21H24N4O2. The molecule has 0 aliphatic heterocycles. The van der Waals surface area contributed by atoms with E-state index in [0.29, 0.717) is 13.0 Å². The van der Waals surface area contributed by atoms with E-state index < -0.39 is 0 Å². The number of hydrogen-bond donors (Lipinski definition) is 1. The molecule has 3 rings (SSSR count). The van der Waals surface area contributed by atoms with Crippen LogP contribution in [-0.2, 0) is 17.6 Å². The quantitative estimate of drug-likeness (QED) is 0.700. The Morgan fingerprint density at radius 2 is 1.93 bits per heavy atom. The molecule has 0 radical (unpaired) electrons. The third-order valence-electron chi connectivity index (χ3n) is 4.55. The number of hydrogen-bond acceptors (Lipinski definition) is 4. The number of nitrogens with zero attached hydrogens (tertiary/aromatic N) is 3. The van der Waals surface area contributed by atoms with Gasteiger partial charge in [-0.1, -0.05) is 24.3 Å². The highest BCUT2D eigenvalue weighted by atomic mass is 16.5. The highest BCUT2D eigenvalue weighted by Crippen LogP contribution is 2.18. The van der Waals surface area contributed by atoms with Crippen molar-refractivity contribution in [2.75, 3.05) is 13.7 Å². The highest BCUT2D eigenvalue weighted by Gasteiger charge is 2.14. The summed E-state index contributed by atoms with van der Waals surface area (Å²) in [5.74, 6) is 1.51. The first kappa shape index (κ1) is 18.6. The fourth-order valence-corrected chi connectivity index (χ4v) is 3.15. The van der Waals surface area contributed by atoms with Crippen molar-refractivity contribution in [2.45, 2.75) is 26.7 Å². The second-order valence-corrected chi connectivity index (χ2v) is 6.34. The highest BCUT2D eigenvalue weighted by molar-refractivity contribution is 5.79. The number of para-hydroxylation sites is 1. The summed E-state index contributed by atoms with van der Waals surface area (Å²) in [6.07, 6.45) is 2.78. The van der Waals surface area contributed by atoms with Crippen LogP contribution in [0.25, 0.3) is 5.82 Å². The standard InChI is InChI=1S/C21H24N4O2/c1-15-18(16(2)25(24-15)20-10-6-7-12-22-20)11-13-23-21(26)14-17-8-4-5-9-19(17)27-3/h4-10,12H,11,13-14H2,1-3H3,(H,23,26). The summed E-state index contributed by atoms with van der Waals surface area (Å²) in [4.78, 5) is 16.6. The summed E-state index contributed by atoms with van der Waals surface area (Å²) >= 11 is 0. The predicted octanol–water partition coefficient (Wildman–Crippen LogP) is 2.79. The van der Waals surface area contributed by atoms with Crippen LogP contribution in [0.15, 0.2) is 48.7 Å². The van der Waals surface area contributed by atoms with Crippen LogP contribution in [0.5, 0.6) is 5.75 Å². The van der Waals surface area contributed by atoms with E-state index in [9.17, 15) is 4.79 Å². The van der Waals surface area contributed by atoms with Gasteiger partial charge in [0, 0.05) is 24.0 Å². The summed E-state index contributed by atoms with van der Waals surface area (Å²) in [5, 5.41) is 7.58. The molecule has 0 aliphatic carbocycles. The number of aromatic nitrogens is 3. The molecule has 1 aromatic carbocycles. The molecule has 140 valence electrons. The maximum atomic E-state index is 12.3. The van der Waals surface area contributed by atoms with Crippen molar-refractivity contribution >= 4 is 5.91 Å². The zero-order chi connectivity index (χ0) is 19.2. The molecule has 6 nitrogen and oxygen atoms in total. The van der Waals surface area contributed by atoms with Crippen LogP contribution in [0.3, 0.4) is 0 Å². The molecule has 27 heavy (non-hydrogen) atoms. The Hall–Kier alpha value is -3.15. The van der Waals surface area contributed by atoms with Crippen LogP contribution >= 0.6 is 0 Å². The van der Waals surface area contributed by atoms with Crippen LogP contribution in [0.2, 0.25) is 0 Å². The maximum Gasteiger partial charge on any atom is 0.224 e. The minimum absolute atomic E-state index is 0.0214. The van der Waals surface area contributed by atoms with Gasteiger partial charge < -0.3 is 10.1 Å². The third kappa shape index (κ3) is 4.34. The van der Waals surface area contributed by atoms with Gasteiger partial charge in [0.05, 0.1) is 19.2 Å². The van der Waals surface area contributed by atoms with Gasteiger partial charge in [-0.25, -0.2) is 9.67 Å². The van der Waals surface area contributed by atoms with Crippen molar-refractivity contribution in [3.8, 4) is 11.6 Å². The smallest absolute Gasteiger partial charge is 0.224 e. The topological polar surface area (TPSA) is 69.0 Å². The molecule has 0 fully saturated rings. The van der Waals surface area contributed by atoms with Crippen LogP contribution < -0.4 is 10.1 Å². The van der Waals surface area contributed by atoms with Crippen molar-refractivity contribution in [1.29, 1.82) is 0 Å².